The SMILES string of the molecule is CCNC(=O)COc1cccc(CN=C(NCC)N2CCOC(c3ccccc3C)C2)c1.I. The van der Waals surface area contributed by atoms with E-state index in [2.05, 4.69) is 53.6 Å². The molecule has 1 atom stereocenters. The summed E-state index contributed by atoms with van der Waals surface area (Å²) in [5.41, 5.74) is 3.49. The fraction of sp³-hybridized carbons (Fsp3) is 0.440. The van der Waals surface area contributed by atoms with Crippen LogP contribution in [0.4, 0.5) is 0 Å². The van der Waals surface area contributed by atoms with Crippen LogP contribution in [0.25, 0.3) is 0 Å². The molecule has 3 rings (SSSR count). The lowest BCUT2D eigenvalue weighted by Gasteiger charge is -2.35. The number of nitrogens with zero attached hydrogens (tertiary/aromatic N) is 2. The van der Waals surface area contributed by atoms with Crippen molar-refractivity contribution in [1.82, 2.24) is 15.5 Å². The molecule has 2 N–H and O–H groups in total. The number of nitrogens with one attached hydrogen (secondary N) is 2. The first kappa shape index (κ1) is 26.9. The highest BCUT2D eigenvalue weighted by Gasteiger charge is 2.25. The summed E-state index contributed by atoms with van der Waals surface area (Å²) in [5.74, 6) is 1.42. The molecule has 0 radical (unpaired) electrons. The van der Waals surface area contributed by atoms with Gasteiger partial charge >= 0.3 is 0 Å². The molecule has 1 aliphatic rings. The first-order valence-electron chi connectivity index (χ1n) is 11.3. The summed E-state index contributed by atoms with van der Waals surface area (Å²) in [5, 5.41) is 6.14. The van der Waals surface area contributed by atoms with Gasteiger partial charge < -0.3 is 25.0 Å². The van der Waals surface area contributed by atoms with E-state index in [1.807, 2.05) is 31.2 Å². The zero-order valence-corrected chi connectivity index (χ0v) is 22.0. The van der Waals surface area contributed by atoms with Gasteiger partial charge in [-0.2, -0.15) is 0 Å². The minimum absolute atomic E-state index is 0. The molecule has 0 spiro atoms. The Morgan fingerprint density at radius 3 is 2.70 bits per heavy atom. The van der Waals surface area contributed by atoms with Crippen LogP contribution in [0.5, 0.6) is 5.75 Å². The molecule has 1 aliphatic heterocycles. The predicted octanol–water partition coefficient (Wildman–Crippen LogP) is 3.67. The maximum atomic E-state index is 11.6. The van der Waals surface area contributed by atoms with Crippen LogP contribution in [0.3, 0.4) is 0 Å². The molecule has 2 aromatic rings. The fourth-order valence-corrected chi connectivity index (χ4v) is 3.70. The Balaban J connectivity index is 0.00000385. The third-order valence-electron chi connectivity index (χ3n) is 5.29. The topological polar surface area (TPSA) is 75.2 Å². The second-order valence-electron chi connectivity index (χ2n) is 7.72. The van der Waals surface area contributed by atoms with Crippen molar-refractivity contribution in [3.63, 3.8) is 0 Å². The summed E-state index contributed by atoms with van der Waals surface area (Å²) in [7, 11) is 0. The van der Waals surface area contributed by atoms with Crippen molar-refractivity contribution in [3.8, 4) is 5.75 Å². The second kappa shape index (κ2) is 14.0. The lowest BCUT2D eigenvalue weighted by molar-refractivity contribution is -0.122. The standard InChI is InChI=1S/C25H34N4O3.HI/c1-4-26-24(30)18-32-21-11-8-10-20(15-21)16-28-25(27-5-2)29-13-14-31-23(17-29)22-12-7-6-9-19(22)3;/h6-12,15,23H,4-5,13-14,16-18H2,1-3H3,(H,26,30)(H,27,28);1H. The monoisotopic (exact) mass is 566 g/mol. The summed E-state index contributed by atoms with van der Waals surface area (Å²) in [6.07, 6.45) is 0.0276. The summed E-state index contributed by atoms with van der Waals surface area (Å²) in [6.45, 7) is 10.2. The van der Waals surface area contributed by atoms with E-state index in [9.17, 15) is 4.79 Å². The van der Waals surface area contributed by atoms with Crippen LogP contribution in [-0.4, -0.2) is 56.2 Å². The van der Waals surface area contributed by atoms with Crippen molar-refractivity contribution >= 4 is 35.8 Å². The van der Waals surface area contributed by atoms with Crippen LogP contribution in [0.1, 0.15) is 36.6 Å². The average Bonchev–Trinajstić information content (AvgIpc) is 2.81. The average molecular weight is 566 g/mol. The predicted molar refractivity (Wildman–Crippen MR) is 142 cm³/mol. The zero-order valence-electron chi connectivity index (χ0n) is 19.7. The van der Waals surface area contributed by atoms with Crippen LogP contribution in [-0.2, 0) is 16.1 Å². The van der Waals surface area contributed by atoms with Gasteiger partial charge in [-0.15, -0.1) is 24.0 Å². The lowest BCUT2D eigenvalue weighted by atomic mass is 10.0. The van der Waals surface area contributed by atoms with Crippen molar-refractivity contribution in [1.29, 1.82) is 0 Å². The molecule has 8 heteroatoms. The van der Waals surface area contributed by atoms with Crippen molar-refractivity contribution in [2.24, 2.45) is 4.99 Å². The van der Waals surface area contributed by atoms with E-state index in [0.717, 1.165) is 31.2 Å². The van der Waals surface area contributed by atoms with Gasteiger partial charge in [0.25, 0.3) is 5.91 Å². The Morgan fingerprint density at radius 1 is 1.15 bits per heavy atom. The number of carbonyl (C=O) groups excluding carboxylic acids is 1. The fourth-order valence-electron chi connectivity index (χ4n) is 3.70. The largest absolute Gasteiger partial charge is 0.484 e. The summed E-state index contributed by atoms with van der Waals surface area (Å²) in [4.78, 5) is 18.8. The van der Waals surface area contributed by atoms with E-state index >= 15 is 0 Å². The Labute approximate surface area is 214 Å². The quantitative estimate of drug-likeness (QED) is 0.290. The number of morpholine rings is 1. The molecule has 0 aliphatic carbocycles. The van der Waals surface area contributed by atoms with Gasteiger partial charge in [-0.25, -0.2) is 4.99 Å². The van der Waals surface area contributed by atoms with Crippen molar-refractivity contribution in [3.05, 3.63) is 65.2 Å². The number of rotatable bonds is 8. The van der Waals surface area contributed by atoms with E-state index in [1.165, 1.54) is 11.1 Å². The Morgan fingerprint density at radius 2 is 1.94 bits per heavy atom. The number of halogens is 1. The third kappa shape index (κ3) is 8.19. The Bertz CT molecular complexity index is 922. The summed E-state index contributed by atoms with van der Waals surface area (Å²) < 4.78 is 11.7. The van der Waals surface area contributed by atoms with E-state index in [-0.39, 0.29) is 42.6 Å². The van der Waals surface area contributed by atoms with Crippen molar-refractivity contribution in [2.45, 2.75) is 33.4 Å². The molecule has 1 unspecified atom stereocenters. The van der Waals surface area contributed by atoms with Gasteiger partial charge in [-0.05, 0) is 49.6 Å². The van der Waals surface area contributed by atoms with Crippen LogP contribution in [0.15, 0.2) is 53.5 Å². The lowest BCUT2D eigenvalue weighted by Crippen LogP contribution is -2.48. The Kier molecular flexibility index (Phi) is 11.5. The first-order chi connectivity index (χ1) is 15.6. The molecule has 0 bridgehead atoms. The molecular weight excluding hydrogens is 531 g/mol. The highest BCUT2D eigenvalue weighted by atomic mass is 127. The van der Waals surface area contributed by atoms with Crippen molar-refractivity contribution < 1.29 is 14.3 Å². The number of likely N-dealkylation sites (N-methyl/N-ethyl adjacent to an activating group) is 1. The van der Waals surface area contributed by atoms with Crippen LogP contribution < -0.4 is 15.4 Å². The number of hydrogen-bond acceptors (Lipinski definition) is 4. The molecule has 33 heavy (non-hydrogen) atoms. The van der Waals surface area contributed by atoms with E-state index in [1.54, 1.807) is 0 Å². The first-order valence-corrected chi connectivity index (χ1v) is 11.3. The van der Waals surface area contributed by atoms with Gasteiger partial charge in [-0.1, -0.05) is 36.4 Å². The third-order valence-corrected chi connectivity index (χ3v) is 5.29. The normalized spacial score (nSPS) is 16.0. The molecule has 0 saturated carbocycles. The molecule has 7 nitrogen and oxygen atoms in total. The number of carbonyl (C=O) groups is 1. The maximum absolute atomic E-state index is 11.6. The molecule has 1 amide bonds. The number of amides is 1. The highest BCUT2D eigenvalue weighted by Crippen LogP contribution is 2.25. The van der Waals surface area contributed by atoms with Crippen molar-refractivity contribution in [2.75, 3.05) is 39.4 Å². The van der Waals surface area contributed by atoms with E-state index < -0.39 is 0 Å². The van der Waals surface area contributed by atoms with Gasteiger partial charge in [0.15, 0.2) is 12.6 Å². The van der Waals surface area contributed by atoms with Gasteiger partial charge in [0.05, 0.1) is 19.7 Å². The van der Waals surface area contributed by atoms with Gasteiger partial charge in [-0.3, -0.25) is 4.79 Å². The second-order valence-corrected chi connectivity index (χ2v) is 7.72. The molecule has 2 aromatic carbocycles. The number of aliphatic imine (C=N–C) groups is 1. The summed E-state index contributed by atoms with van der Waals surface area (Å²) >= 11 is 0. The molecule has 1 fully saturated rings. The minimum Gasteiger partial charge on any atom is -0.484 e. The minimum atomic E-state index is -0.124. The van der Waals surface area contributed by atoms with Gasteiger partial charge in [0, 0.05) is 19.6 Å². The highest BCUT2D eigenvalue weighted by molar-refractivity contribution is 14.0. The molecular formula is C25H35IN4O3. The van der Waals surface area contributed by atoms with E-state index in [0.29, 0.717) is 25.4 Å². The number of ether oxygens (including phenoxy) is 2. The number of guanidine groups is 1. The zero-order chi connectivity index (χ0) is 22.8. The van der Waals surface area contributed by atoms with Crippen LogP contribution in [0.2, 0.25) is 0 Å². The van der Waals surface area contributed by atoms with Gasteiger partial charge in [0.1, 0.15) is 11.9 Å². The molecule has 180 valence electrons. The number of benzene rings is 2. The van der Waals surface area contributed by atoms with E-state index in [4.69, 9.17) is 14.5 Å². The Hall–Kier alpha value is -2.33. The molecule has 1 heterocycles. The van der Waals surface area contributed by atoms with Crippen LogP contribution in [0, 0.1) is 6.92 Å². The number of aryl methyl sites for hydroxylation is 1. The maximum Gasteiger partial charge on any atom is 0.257 e. The molecule has 0 aromatic heterocycles. The number of hydrogen-bond donors (Lipinski definition) is 2. The van der Waals surface area contributed by atoms with Crippen LogP contribution >= 0.6 is 24.0 Å². The smallest absolute Gasteiger partial charge is 0.257 e. The summed E-state index contributed by atoms with van der Waals surface area (Å²) in [6, 6.07) is 16.1. The van der Waals surface area contributed by atoms with Gasteiger partial charge in [0.2, 0.25) is 0 Å². The molecule has 1 saturated heterocycles.